The summed E-state index contributed by atoms with van der Waals surface area (Å²) in [6.45, 7) is 0. The topological polar surface area (TPSA) is 64.6 Å². The molecule has 2 aromatic carbocycles. The van der Waals surface area contributed by atoms with Gasteiger partial charge in [-0.25, -0.2) is 12.8 Å². The molecule has 0 bridgehead atoms. The van der Waals surface area contributed by atoms with Gasteiger partial charge in [-0.1, -0.05) is 29.8 Å². The second-order valence-electron chi connectivity index (χ2n) is 4.66. The summed E-state index contributed by atoms with van der Waals surface area (Å²) < 4.78 is 50.3. The van der Waals surface area contributed by atoms with Crippen LogP contribution in [0.15, 0.2) is 41.8 Å². The zero-order chi connectivity index (χ0) is 17.7. The normalized spacial score (nSPS) is 11.5. The van der Waals surface area contributed by atoms with Crippen molar-refractivity contribution in [3.8, 4) is 11.5 Å². The Labute approximate surface area is 144 Å². The van der Waals surface area contributed by atoms with Gasteiger partial charge < -0.3 is 9.47 Å². The van der Waals surface area contributed by atoms with Crippen molar-refractivity contribution in [3.63, 3.8) is 0 Å². The van der Waals surface area contributed by atoms with Crippen LogP contribution in [0.3, 0.4) is 0 Å². The number of ether oxygens (including phenoxy) is 2. The lowest BCUT2D eigenvalue weighted by Crippen LogP contribution is -2.10. The highest BCUT2D eigenvalue weighted by Gasteiger charge is 2.15. The van der Waals surface area contributed by atoms with Gasteiger partial charge in [-0.05, 0) is 17.7 Å². The summed E-state index contributed by atoms with van der Waals surface area (Å²) in [5, 5.41) is 1.31. The number of hydrogen-bond donors (Lipinski definition) is 1. The van der Waals surface area contributed by atoms with Crippen molar-refractivity contribution in [1.29, 1.82) is 0 Å². The summed E-state index contributed by atoms with van der Waals surface area (Å²) in [5.74, 6) is -0.432. The molecule has 24 heavy (non-hydrogen) atoms. The number of sulfonamides is 1. The molecule has 0 fully saturated rings. The first-order chi connectivity index (χ1) is 11.4. The number of hydrogen-bond acceptors (Lipinski definition) is 4. The predicted octanol–water partition coefficient (Wildman–Crippen LogP) is 3.91. The second kappa shape index (κ2) is 7.55. The Morgan fingerprint density at radius 3 is 2.38 bits per heavy atom. The van der Waals surface area contributed by atoms with Gasteiger partial charge in [0.05, 0.1) is 25.3 Å². The fourth-order valence-corrected chi connectivity index (χ4v) is 2.95. The lowest BCUT2D eigenvalue weighted by Gasteiger charge is -2.11. The Morgan fingerprint density at radius 1 is 1.12 bits per heavy atom. The molecule has 2 aromatic rings. The van der Waals surface area contributed by atoms with Crippen molar-refractivity contribution in [2.75, 3.05) is 18.9 Å². The van der Waals surface area contributed by atoms with E-state index in [1.807, 2.05) is 0 Å². The monoisotopic (exact) mass is 371 g/mol. The zero-order valence-electron chi connectivity index (χ0n) is 12.9. The summed E-state index contributed by atoms with van der Waals surface area (Å²) in [4.78, 5) is 0. The van der Waals surface area contributed by atoms with E-state index in [2.05, 4.69) is 4.72 Å². The van der Waals surface area contributed by atoms with E-state index in [-0.39, 0.29) is 17.2 Å². The predicted molar refractivity (Wildman–Crippen MR) is 92.5 cm³/mol. The highest BCUT2D eigenvalue weighted by Crippen LogP contribution is 2.33. The van der Waals surface area contributed by atoms with E-state index >= 15 is 0 Å². The number of rotatable bonds is 6. The van der Waals surface area contributed by atoms with E-state index in [0.717, 1.165) is 11.5 Å². The maximum atomic E-state index is 14.0. The van der Waals surface area contributed by atoms with Crippen LogP contribution in [0, 0.1) is 5.82 Å². The number of methoxy groups -OCH3 is 2. The van der Waals surface area contributed by atoms with Crippen molar-refractivity contribution in [2.45, 2.75) is 0 Å². The van der Waals surface area contributed by atoms with Gasteiger partial charge in [-0.2, -0.15) is 0 Å². The van der Waals surface area contributed by atoms with Crippen LogP contribution < -0.4 is 14.2 Å². The number of anilines is 1. The molecule has 0 saturated heterocycles. The molecule has 2 rings (SSSR count). The van der Waals surface area contributed by atoms with Gasteiger partial charge in [0.2, 0.25) is 0 Å². The standard InChI is InChI=1S/C16H15ClFNO4S/c1-22-15-9-13(18)14(10-16(15)23-2)19-24(20,21)8-7-11-5-3-4-6-12(11)17/h3-10,19H,1-2H3. The summed E-state index contributed by atoms with van der Waals surface area (Å²) in [6, 6.07) is 8.98. The van der Waals surface area contributed by atoms with Gasteiger partial charge >= 0.3 is 0 Å². The van der Waals surface area contributed by atoms with Crippen LogP contribution in [0.1, 0.15) is 5.56 Å². The van der Waals surface area contributed by atoms with Crippen LogP contribution in [-0.4, -0.2) is 22.6 Å². The second-order valence-corrected chi connectivity index (χ2v) is 6.63. The smallest absolute Gasteiger partial charge is 0.255 e. The molecule has 0 heterocycles. The molecule has 128 valence electrons. The first-order valence-electron chi connectivity index (χ1n) is 6.73. The molecule has 1 N–H and O–H groups in total. The van der Waals surface area contributed by atoms with E-state index in [0.29, 0.717) is 10.6 Å². The average Bonchev–Trinajstić information content (AvgIpc) is 2.55. The zero-order valence-corrected chi connectivity index (χ0v) is 14.5. The van der Waals surface area contributed by atoms with Crippen molar-refractivity contribution in [2.24, 2.45) is 0 Å². The Morgan fingerprint density at radius 2 is 1.75 bits per heavy atom. The summed E-state index contributed by atoms with van der Waals surface area (Å²) in [6.07, 6.45) is 1.32. The van der Waals surface area contributed by atoms with Gasteiger partial charge in [-0.15, -0.1) is 0 Å². The third-order valence-electron chi connectivity index (χ3n) is 3.06. The number of halogens is 2. The summed E-state index contributed by atoms with van der Waals surface area (Å²) in [7, 11) is -1.22. The minimum absolute atomic E-state index is 0.157. The maximum Gasteiger partial charge on any atom is 0.255 e. The fraction of sp³-hybridized carbons (Fsp3) is 0.125. The molecular weight excluding hydrogens is 357 g/mol. The lowest BCUT2D eigenvalue weighted by atomic mass is 10.2. The van der Waals surface area contributed by atoms with Crippen LogP contribution >= 0.6 is 11.6 Å². The Hall–Kier alpha value is -2.25. The minimum atomic E-state index is -3.94. The third-order valence-corrected chi connectivity index (χ3v) is 4.40. The van der Waals surface area contributed by atoms with Gasteiger partial charge in [0.1, 0.15) is 0 Å². The first kappa shape index (κ1) is 18.1. The highest BCUT2D eigenvalue weighted by molar-refractivity contribution is 7.95. The molecule has 0 aromatic heterocycles. The molecule has 0 aliphatic heterocycles. The molecule has 0 spiro atoms. The Bertz CT molecular complexity index is 868. The highest BCUT2D eigenvalue weighted by atomic mass is 35.5. The lowest BCUT2D eigenvalue weighted by molar-refractivity contribution is 0.353. The Balaban J connectivity index is 2.28. The molecule has 0 amide bonds. The van der Waals surface area contributed by atoms with E-state index < -0.39 is 15.8 Å². The van der Waals surface area contributed by atoms with Crippen molar-refractivity contribution in [3.05, 3.63) is 58.2 Å². The average molecular weight is 372 g/mol. The van der Waals surface area contributed by atoms with Crippen LogP contribution in [0.5, 0.6) is 11.5 Å². The van der Waals surface area contributed by atoms with Crippen LogP contribution in [0.2, 0.25) is 5.02 Å². The third kappa shape index (κ3) is 4.39. The first-order valence-corrected chi connectivity index (χ1v) is 8.65. The van der Waals surface area contributed by atoms with Crippen molar-refractivity contribution in [1.82, 2.24) is 0 Å². The van der Waals surface area contributed by atoms with Crippen LogP contribution in [0.25, 0.3) is 6.08 Å². The molecule has 0 atom stereocenters. The Kier molecular flexibility index (Phi) is 5.69. The van der Waals surface area contributed by atoms with Gasteiger partial charge in [0, 0.05) is 17.2 Å². The fourth-order valence-electron chi connectivity index (χ4n) is 1.89. The number of nitrogens with one attached hydrogen (secondary N) is 1. The van der Waals surface area contributed by atoms with Gasteiger partial charge in [-0.3, -0.25) is 4.72 Å². The quantitative estimate of drug-likeness (QED) is 0.836. The largest absolute Gasteiger partial charge is 0.493 e. The van der Waals surface area contributed by atoms with Gasteiger partial charge in [0.25, 0.3) is 10.0 Å². The van der Waals surface area contributed by atoms with Gasteiger partial charge in [0.15, 0.2) is 17.3 Å². The minimum Gasteiger partial charge on any atom is -0.493 e. The van der Waals surface area contributed by atoms with Crippen LogP contribution in [0.4, 0.5) is 10.1 Å². The molecule has 0 aliphatic carbocycles. The molecule has 0 aliphatic rings. The van der Waals surface area contributed by atoms with E-state index in [9.17, 15) is 12.8 Å². The van der Waals surface area contributed by atoms with Crippen molar-refractivity contribution < 1.29 is 22.3 Å². The summed E-state index contributed by atoms with van der Waals surface area (Å²) in [5.41, 5.74) is 0.272. The maximum absolute atomic E-state index is 14.0. The molecule has 0 radical (unpaired) electrons. The van der Waals surface area contributed by atoms with Crippen molar-refractivity contribution >= 4 is 33.4 Å². The van der Waals surface area contributed by atoms with Crippen LogP contribution in [-0.2, 0) is 10.0 Å². The molecule has 0 saturated carbocycles. The molecule has 0 unspecified atom stereocenters. The molecule has 5 nitrogen and oxygen atoms in total. The SMILES string of the molecule is COc1cc(F)c(NS(=O)(=O)C=Cc2ccccc2Cl)cc1OC. The van der Waals surface area contributed by atoms with E-state index in [4.69, 9.17) is 21.1 Å². The van der Waals surface area contributed by atoms with E-state index in [1.165, 1.54) is 26.4 Å². The molecular formula is C16H15ClFNO4S. The van der Waals surface area contributed by atoms with E-state index in [1.54, 1.807) is 24.3 Å². The summed E-state index contributed by atoms with van der Waals surface area (Å²) >= 11 is 5.95. The molecule has 8 heteroatoms. The number of benzene rings is 2.